The zero-order chi connectivity index (χ0) is 13.2. The quantitative estimate of drug-likeness (QED) is 0.706. The second kappa shape index (κ2) is 5.12. The molecule has 0 aliphatic carbocycles. The molecule has 0 heterocycles. The molecule has 1 aromatic rings. The monoisotopic (exact) mass is 234 g/mol. The molecule has 17 heavy (non-hydrogen) atoms. The summed E-state index contributed by atoms with van der Waals surface area (Å²) in [5.41, 5.74) is 2.56. The van der Waals surface area contributed by atoms with E-state index in [1.807, 2.05) is 0 Å². The normalized spacial score (nSPS) is 12.3. The fraction of sp³-hybridized carbons (Fsp3) is 0.625. The SMILES string of the molecule is CC(C)c1ccc(OC(C)(C)C)c(C(C)C)c1. The summed E-state index contributed by atoms with van der Waals surface area (Å²) < 4.78 is 6.03. The lowest BCUT2D eigenvalue weighted by atomic mass is 9.95. The second-order valence-electron chi connectivity index (χ2n) is 6.32. The zero-order valence-electron chi connectivity index (χ0n) is 12.3. The highest BCUT2D eigenvalue weighted by Crippen LogP contribution is 2.32. The van der Waals surface area contributed by atoms with E-state index >= 15 is 0 Å². The molecule has 0 unspecified atom stereocenters. The van der Waals surface area contributed by atoms with Crippen LogP contribution in [0.5, 0.6) is 5.75 Å². The molecule has 0 N–H and O–H groups in total. The van der Waals surface area contributed by atoms with E-state index in [0.29, 0.717) is 11.8 Å². The summed E-state index contributed by atoms with van der Waals surface area (Å²) in [7, 11) is 0. The Morgan fingerprint density at radius 3 is 1.94 bits per heavy atom. The predicted molar refractivity (Wildman–Crippen MR) is 75.0 cm³/mol. The first-order chi connectivity index (χ1) is 7.70. The van der Waals surface area contributed by atoms with Gasteiger partial charge in [-0.2, -0.15) is 0 Å². The van der Waals surface area contributed by atoms with Crippen LogP contribution in [0, 0.1) is 0 Å². The van der Waals surface area contributed by atoms with Crippen molar-refractivity contribution >= 4 is 0 Å². The number of rotatable bonds is 3. The molecule has 1 heteroatoms. The lowest BCUT2D eigenvalue weighted by molar-refractivity contribution is 0.129. The number of hydrogen-bond acceptors (Lipinski definition) is 1. The smallest absolute Gasteiger partial charge is 0.123 e. The minimum atomic E-state index is -0.136. The van der Waals surface area contributed by atoms with Gasteiger partial charge in [-0.05, 0) is 49.8 Å². The summed E-state index contributed by atoms with van der Waals surface area (Å²) >= 11 is 0. The van der Waals surface area contributed by atoms with Gasteiger partial charge in [0.2, 0.25) is 0 Å². The van der Waals surface area contributed by atoms with Crippen molar-refractivity contribution in [2.24, 2.45) is 0 Å². The first-order valence-corrected chi connectivity index (χ1v) is 6.53. The van der Waals surface area contributed by atoms with Crippen LogP contribution in [0.15, 0.2) is 18.2 Å². The Labute approximate surface area is 106 Å². The molecule has 1 aromatic carbocycles. The van der Waals surface area contributed by atoms with Gasteiger partial charge in [-0.25, -0.2) is 0 Å². The van der Waals surface area contributed by atoms with Crippen LogP contribution in [0.2, 0.25) is 0 Å². The Morgan fingerprint density at radius 1 is 0.941 bits per heavy atom. The molecule has 0 saturated carbocycles. The fourth-order valence-corrected chi connectivity index (χ4v) is 1.80. The van der Waals surface area contributed by atoms with Gasteiger partial charge in [0.1, 0.15) is 11.4 Å². The first kappa shape index (κ1) is 14.1. The summed E-state index contributed by atoms with van der Waals surface area (Å²) in [6.45, 7) is 15.2. The maximum absolute atomic E-state index is 6.03. The van der Waals surface area contributed by atoms with Gasteiger partial charge in [0.25, 0.3) is 0 Å². The van der Waals surface area contributed by atoms with Gasteiger partial charge in [0.15, 0.2) is 0 Å². The Kier molecular flexibility index (Phi) is 4.24. The molecular formula is C16H26O. The van der Waals surface area contributed by atoms with Crippen molar-refractivity contribution < 1.29 is 4.74 Å². The van der Waals surface area contributed by atoms with E-state index in [9.17, 15) is 0 Å². The van der Waals surface area contributed by atoms with Crippen molar-refractivity contribution in [3.05, 3.63) is 29.3 Å². The van der Waals surface area contributed by atoms with Crippen LogP contribution < -0.4 is 4.74 Å². The van der Waals surface area contributed by atoms with Crippen LogP contribution in [-0.4, -0.2) is 5.60 Å². The highest BCUT2D eigenvalue weighted by Gasteiger charge is 2.17. The van der Waals surface area contributed by atoms with E-state index in [1.165, 1.54) is 11.1 Å². The molecule has 0 saturated heterocycles. The predicted octanol–water partition coefficient (Wildman–Crippen LogP) is 5.11. The summed E-state index contributed by atoms with van der Waals surface area (Å²) in [6, 6.07) is 6.59. The Balaban J connectivity index is 3.13. The van der Waals surface area contributed by atoms with Crippen LogP contribution in [0.25, 0.3) is 0 Å². The van der Waals surface area contributed by atoms with Gasteiger partial charge in [-0.15, -0.1) is 0 Å². The maximum atomic E-state index is 6.03. The van der Waals surface area contributed by atoms with Crippen molar-refractivity contribution in [1.29, 1.82) is 0 Å². The highest BCUT2D eigenvalue weighted by molar-refractivity contribution is 5.40. The number of ether oxygens (including phenoxy) is 1. The molecule has 0 spiro atoms. The average Bonchev–Trinajstić information content (AvgIpc) is 2.14. The fourth-order valence-electron chi connectivity index (χ4n) is 1.80. The minimum absolute atomic E-state index is 0.136. The number of hydrogen-bond donors (Lipinski definition) is 0. The van der Waals surface area contributed by atoms with Crippen molar-refractivity contribution in [2.45, 2.75) is 65.9 Å². The van der Waals surface area contributed by atoms with Gasteiger partial charge in [-0.3, -0.25) is 0 Å². The van der Waals surface area contributed by atoms with Crippen molar-refractivity contribution in [1.82, 2.24) is 0 Å². The molecule has 0 atom stereocenters. The second-order valence-corrected chi connectivity index (χ2v) is 6.32. The van der Waals surface area contributed by atoms with Crippen molar-refractivity contribution in [2.75, 3.05) is 0 Å². The highest BCUT2D eigenvalue weighted by atomic mass is 16.5. The van der Waals surface area contributed by atoms with Crippen LogP contribution in [-0.2, 0) is 0 Å². The topological polar surface area (TPSA) is 9.23 Å². The Morgan fingerprint density at radius 2 is 1.53 bits per heavy atom. The third-order valence-corrected chi connectivity index (χ3v) is 2.74. The minimum Gasteiger partial charge on any atom is -0.488 e. The van der Waals surface area contributed by atoms with Gasteiger partial charge < -0.3 is 4.74 Å². The lowest BCUT2D eigenvalue weighted by Crippen LogP contribution is -2.23. The summed E-state index contributed by atoms with van der Waals surface area (Å²) in [5, 5.41) is 0. The standard InChI is InChI=1S/C16H26O/c1-11(2)13-8-9-15(17-16(5,6)7)14(10-13)12(3)4/h8-12H,1-7H3. The molecular weight excluding hydrogens is 208 g/mol. The lowest BCUT2D eigenvalue weighted by Gasteiger charge is -2.25. The van der Waals surface area contributed by atoms with E-state index < -0.39 is 0 Å². The van der Waals surface area contributed by atoms with Crippen LogP contribution in [0.3, 0.4) is 0 Å². The molecule has 96 valence electrons. The third-order valence-electron chi connectivity index (χ3n) is 2.74. The van der Waals surface area contributed by atoms with E-state index in [-0.39, 0.29) is 5.60 Å². The molecule has 0 aliphatic rings. The van der Waals surface area contributed by atoms with E-state index in [0.717, 1.165) is 5.75 Å². The van der Waals surface area contributed by atoms with E-state index in [2.05, 4.69) is 66.7 Å². The van der Waals surface area contributed by atoms with Gasteiger partial charge in [-0.1, -0.05) is 39.8 Å². The molecule has 0 amide bonds. The summed E-state index contributed by atoms with van der Waals surface area (Å²) in [5.74, 6) is 2.08. The largest absolute Gasteiger partial charge is 0.488 e. The molecule has 1 rings (SSSR count). The van der Waals surface area contributed by atoms with E-state index in [1.54, 1.807) is 0 Å². The third kappa shape index (κ3) is 4.07. The molecule has 0 radical (unpaired) electrons. The molecule has 0 aromatic heterocycles. The molecule has 0 fully saturated rings. The maximum Gasteiger partial charge on any atom is 0.123 e. The van der Waals surface area contributed by atoms with Gasteiger partial charge >= 0.3 is 0 Å². The number of benzene rings is 1. The Bertz CT molecular complexity index is 370. The van der Waals surface area contributed by atoms with Gasteiger partial charge in [0, 0.05) is 0 Å². The van der Waals surface area contributed by atoms with Gasteiger partial charge in [0.05, 0.1) is 0 Å². The molecule has 1 nitrogen and oxygen atoms in total. The van der Waals surface area contributed by atoms with Crippen LogP contribution in [0.1, 0.15) is 71.4 Å². The van der Waals surface area contributed by atoms with E-state index in [4.69, 9.17) is 4.74 Å². The average molecular weight is 234 g/mol. The molecule has 0 bridgehead atoms. The van der Waals surface area contributed by atoms with Crippen LogP contribution >= 0.6 is 0 Å². The van der Waals surface area contributed by atoms with Crippen molar-refractivity contribution in [3.63, 3.8) is 0 Å². The molecule has 0 aliphatic heterocycles. The van der Waals surface area contributed by atoms with Crippen molar-refractivity contribution in [3.8, 4) is 5.75 Å². The zero-order valence-corrected chi connectivity index (χ0v) is 12.3. The Hall–Kier alpha value is -0.980. The summed E-state index contributed by atoms with van der Waals surface area (Å²) in [4.78, 5) is 0. The van der Waals surface area contributed by atoms with Crippen LogP contribution in [0.4, 0.5) is 0 Å². The summed E-state index contributed by atoms with van der Waals surface area (Å²) in [6.07, 6.45) is 0. The first-order valence-electron chi connectivity index (χ1n) is 6.53.